The van der Waals surface area contributed by atoms with Crippen molar-refractivity contribution < 1.29 is 9.18 Å². The molecule has 2 atom stereocenters. The van der Waals surface area contributed by atoms with Crippen LogP contribution < -0.4 is 5.32 Å². The lowest BCUT2D eigenvalue weighted by atomic mass is 9.78. The molecule has 0 unspecified atom stereocenters. The third kappa shape index (κ3) is 2.61. The lowest BCUT2D eigenvalue weighted by molar-refractivity contribution is 0.0386. The van der Waals surface area contributed by atoms with E-state index in [9.17, 15) is 9.18 Å². The summed E-state index contributed by atoms with van der Waals surface area (Å²) < 4.78 is 14.3. The Morgan fingerprint density at radius 1 is 1.33 bits per heavy atom. The summed E-state index contributed by atoms with van der Waals surface area (Å²) in [5, 5.41) is 2.69. The van der Waals surface area contributed by atoms with Gasteiger partial charge < -0.3 is 10.2 Å². The molecule has 0 spiro atoms. The normalized spacial score (nSPS) is 25.3. The molecule has 1 aliphatic carbocycles. The van der Waals surface area contributed by atoms with E-state index in [0.29, 0.717) is 12.0 Å². The second-order valence-corrected chi connectivity index (χ2v) is 6.02. The molecule has 1 saturated heterocycles. The first-order valence-corrected chi connectivity index (χ1v) is 7.85. The number of piperidine rings is 1. The molecule has 1 saturated carbocycles. The van der Waals surface area contributed by atoms with Crippen LogP contribution in [0.4, 0.5) is 10.2 Å². The lowest BCUT2D eigenvalue weighted by Crippen LogP contribution is -2.49. The Labute approximate surface area is 124 Å². The van der Waals surface area contributed by atoms with E-state index in [1.165, 1.54) is 37.9 Å². The van der Waals surface area contributed by atoms with Crippen molar-refractivity contribution in [2.75, 3.05) is 18.9 Å². The van der Waals surface area contributed by atoms with E-state index >= 15 is 0 Å². The Hall–Kier alpha value is -1.65. The van der Waals surface area contributed by atoms with Gasteiger partial charge in [0.2, 0.25) is 0 Å². The van der Waals surface area contributed by atoms with Crippen LogP contribution in [0.5, 0.6) is 0 Å². The molecule has 114 valence electrons. The van der Waals surface area contributed by atoms with E-state index in [-0.39, 0.29) is 17.3 Å². The van der Waals surface area contributed by atoms with Gasteiger partial charge in [-0.05, 0) is 37.7 Å². The van der Waals surface area contributed by atoms with Crippen molar-refractivity contribution in [2.24, 2.45) is 5.92 Å². The molecule has 0 aromatic carbocycles. The van der Waals surface area contributed by atoms with Gasteiger partial charge in [-0.15, -0.1) is 0 Å². The van der Waals surface area contributed by atoms with Gasteiger partial charge in [-0.25, -0.2) is 9.37 Å². The Kier molecular flexibility index (Phi) is 4.08. The molecule has 4 nitrogen and oxygen atoms in total. The Bertz CT molecular complexity index is 532. The zero-order valence-electron chi connectivity index (χ0n) is 12.4. The third-order valence-corrected chi connectivity index (χ3v) is 4.86. The molecule has 2 fully saturated rings. The maximum Gasteiger partial charge on any atom is 0.257 e. The SMILES string of the molecule is CNc1nccc(C(=O)N2CCC[C@H]3CCCC[C@H]32)c1F. The van der Waals surface area contributed by atoms with Gasteiger partial charge in [-0.3, -0.25) is 4.79 Å². The molecule has 21 heavy (non-hydrogen) atoms. The second kappa shape index (κ2) is 6.00. The molecule has 0 radical (unpaired) electrons. The van der Waals surface area contributed by atoms with Crippen LogP contribution in [0.2, 0.25) is 0 Å². The first-order chi connectivity index (χ1) is 10.2. The van der Waals surface area contributed by atoms with Crippen LogP contribution in [0.25, 0.3) is 0 Å². The van der Waals surface area contributed by atoms with Crippen LogP contribution >= 0.6 is 0 Å². The molecule has 5 heteroatoms. The molecule has 3 rings (SSSR count). The Morgan fingerprint density at radius 3 is 2.90 bits per heavy atom. The number of hydrogen-bond acceptors (Lipinski definition) is 3. The molecule has 1 amide bonds. The number of carbonyl (C=O) groups is 1. The van der Waals surface area contributed by atoms with Crippen molar-refractivity contribution in [3.8, 4) is 0 Å². The first kappa shape index (κ1) is 14.3. The van der Waals surface area contributed by atoms with Crippen molar-refractivity contribution in [2.45, 2.75) is 44.6 Å². The summed E-state index contributed by atoms with van der Waals surface area (Å²) in [6.07, 6.45) is 8.41. The van der Waals surface area contributed by atoms with Gasteiger partial charge >= 0.3 is 0 Å². The highest BCUT2D eigenvalue weighted by molar-refractivity contribution is 5.95. The van der Waals surface area contributed by atoms with E-state index in [1.54, 1.807) is 7.05 Å². The van der Waals surface area contributed by atoms with E-state index < -0.39 is 5.82 Å². The second-order valence-electron chi connectivity index (χ2n) is 6.02. The first-order valence-electron chi connectivity index (χ1n) is 7.85. The standard InChI is InChI=1S/C16H22FN3O/c1-18-15-14(17)12(8-9-19-15)16(21)20-10-4-6-11-5-2-3-7-13(11)20/h8-9,11,13H,2-7,10H2,1H3,(H,18,19)/t11-,13-/m1/s1. The lowest BCUT2D eigenvalue weighted by Gasteiger charge is -2.44. The predicted molar refractivity (Wildman–Crippen MR) is 79.8 cm³/mol. The van der Waals surface area contributed by atoms with E-state index in [2.05, 4.69) is 10.3 Å². The number of aromatic nitrogens is 1. The van der Waals surface area contributed by atoms with Crippen LogP contribution in [0.15, 0.2) is 12.3 Å². The van der Waals surface area contributed by atoms with Crippen LogP contribution in [0.1, 0.15) is 48.9 Å². The monoisotopic (exact) mass is 291 g/mol. The molecule has 2 heterocycles. The minimum atomic E-state index is -0.539. The maximum absolute atomic E-state index is 14.3. The highest BCUT2D eigenvalue weighted by Gasteiger charge is 2.36. The average Bonchev–Trinajstić information content (AvgIpc) is 2.54. The van der Waals surface area contributed by atoms with Gasteiger partial charge in [0, 0.05) is 25.8 Å². The number of halogens is 1. The highest BCUT2D eigenvalue weighted by atomic mass is 19.1. The van der Waals surface area contributed by atoms with Gasteiger partial charge in [0.15, 0.2) is 11.6 Å². The number of carbonyl (C=O) groups excluding carboxylic acids is 1. The largest absolute Gasteiger partial charge is 0.371 e. The number of rotatable bonds is 2. The number of likely N-dealkylation sites (tertiary alicyclic amines) is 1. The van der Waals surface area contributed by atoms with Crippen molar-refractivity contribution >= 4 is 11.7 Å². The van der Waals surface area contributed by atoms with Crippen LogP contribution in [-0.4, -0.2) is 35.4 Å². The van der Waals surface area contributed by atoms with Gasteiger partial charge in [-0.2, -0.15) is 0 Å². The van der Waals surface area contributed by atoms with Gasteiger partial charge in [-0.1, -0.05) is 12.8 Å². The summed E-state index contributed by atoms with van der Waals surface area (Å²) in [6, 6.07) is 1.79. The Morgan fingerprint density at radius 2 is 2.10 bits per heavy atom. The van der Waals surface area contributed by atoms with Crippen LogP contribution in [-0.2, 0) is 0 Å². The molecular formula is C16H22FN3O. The summed E-state index contributed by atoms with van der Waals surface area (Å²) in [5.41, 5.74) is 0.139. The fourth-order valence-electron chi connectivity index (χ4n) is 3.81. The number of anilines is 1. The fourth-order valence-corrected chi connectivity index (χ4v) is 3.81. The molecule has 0 bridgehead atoms. The third-order valence-electron chi connectivity index (χ3n) is 4.86. The molecule has 1 N–H and O–H groups in total. The maximum atomic E-state index is 14.3. The Balaban J connectivity index is 1.87. The number of nitrogens with one attached hydrogen (secondary N) is 1. The summed E-state index contributed by atoms with van der Waals surface area (Å²) in [7, 11) is 1.61. The van der Waals surface area contributed by atoms with Crippen LogP contribution in [0.3, 0.4) is 0 Å². The van der Waals surface area contributed by atoms with Gasteiger partial charge in [0.05, 0.1) is 5.56 Å². The van der Waals surface area contributed by atoms with Crippen molar-refractivity contribution in [3.63, 3.8) is 0 Å². The molecule has 1 aliphatic heterocycles. The molecule has 2 aliphatic rings. The van der Waals surface area contributed by atoms with Crippen molar-refractivity contribution in [1.29, 1.82) is 0 Å². The van der Waals surface area contributed by atoms with E-state index in [4.69, 9.17) is 0 Å². The number of nitrogens with zero attached hydrogens (tertiary/aromatic N) is 2. The molecule has 1 aromatic rings. The number of hydrogen-bond donors (Lipinski definition) is 1. The van der Waals surface area contributed by atoms with Crippen LogP contribution in [0, 0.1) is 11.7 Å². The quantitative estimate of drug-likeness (QED) is 0.911. The number of fused-ring (bicyclic) bond motifs is 1. The zero-order valence-corrected chi connectivity index (χ0v) is 12.4. The highest BCUT2D eigenvalue weighted by Crippen LogP contribution is 2.36. The summed E-state index contributed by atoms with van der Waals surface area (Å²) >= 11 is 0. The number of pyridine rings is 1. The van der Waals surface area contributed by atoms with E-state index in [1.807, 2.05) is 4.90 Å². The van der Waals surface area contributed by atoms with Gasteiger partial charge in [0.1, 0.15) is 0 Å². The minimum Gasteiger partial charge on any atom is -0.371 e. The summed E-state index contributed by atoms with van der Waals surface area (Å²) in [4.78, 5) is 18.6. The van der Waals surface area contributed by atoms with Crippen molar-refractivity contribution in [1.82, 2.24) is 9.88 Å². The minimum absolute atomic E-state index is 0.137. The van der Waals surface area contributed by atoms with Crippen molar-refractivity contribution in [3.05, 3.63) is 23.6 Å². The number of amides is 1. The summed E-state index contributed by atoms with van der Waals surface area (Å²) in [6.45, 7) is 0.747. The van der Waals surface area contributed by atoms with Gasteiger partial charge in [0.25, 0.3) is 5.91 Å². The zero-order chi connectivity index (χ0) is 14.8. The molecular weight excluding hydrogens is 269 g/mol. The topological polar surface area (TPSA) is 45.2 Å². The average molecular weight is 291 g/mol. The predicted octanol–water partition coefficient (Wildman–Crippen LogP) is 3.06. The molecule has 1 aromatic heterocycles. The fraction of sp³-hybridized carbons (Fsp3) is 0.625. The smallest absolute Gasteiger partial charge is 0.257 e. The summed E-state index contributed by atoms with van der Waals surface area (Å²) in [5.74, 6) is 0.0223. The van der Waals surface area contributed by atoms with E-state index in [0.717, 1.165) is 19.4 Å².